The second-order valence-corrected chi connectivity index (χ2v) is 7.68. The topological polar surface area (TPSA) is 160 Å². The number of ether oxygens (including phenoxy) is 1. The number of phosphoric ester groups is 1. The number of primary amides is 1. The van der Waals surface area contributed by atoms with Gasteiger partial charge in [0.15, 0.2) is 0 Å². The Kier molecular flexibility index (Phi) is 5.04. The Morgan fingerprint density at radius 3 is 2.62 bits per heavy atom. The van der Waals surface area contributed by atoms with Crippen LogP contribution in [0.25, 0.3) is 0 Å². The molecule has 21 heavy (non-hydrogen) atoms. The number of aliphatic hydroxyl groups is 2. The van der Waals surface area contributed by atoms with Crippen LogP contribution in [0.15, 0.2) is 11.0 Å². The van der Waals surface area contributed by atoms with Crippen LogP contribution in [0.3, 0.4) is 0 Å². The van der Waals surface area contributed by atoms with Gasteiger partial charge in [0.25, 0.3) is 0 Å². The normalized spacial score (nSPS) is 29.7. The number of amides is 1. The van der Waals surface area contributed by atoms with Gasteiger partial charge in [-0.2, -0.15) is 0 Å². The van der Waals surface area contributed by atoms with Crippen molar-refractivity contribution < 1.29 is 38.6 Å². The third-order valence-corrected chi connectivity index (χ3v) is 5.53. The van der Waals surface area contributed by atoms with Crippen LogP contribution in [0.5, 0.6) is 0 Å². The maximum absolute atomic E-state index is 11.0. The Morgan fingerprint density at radius 1 is 1.43 bits per heavy atom. The molecule has 0 aromatic carbocycles. The molecule has 118 valence electrons. The number of hydrogen-bond acceptors (Lipinski definition) is 6. The van der Waals surface area contributed by atoms with E-state index in [0.717, 1.165) is 0 Å². The third kappa shape index (κ3) is 4.01. The minimum absolute atomic E-state index is 0.255. The van der Waals surface area contributed by atoms with E-state index in [2.05, 4.69) is 4.52 Å². The summed E-state index contributed by atoms with van der Waals surface area (Å²) < 4.78 is 20.9. The maximum atomic E-state index is 11.0. The van der Waals surface area contributed by atoms with Crippen molar-refractivity contribution in [2.75, 3.05) is 6.61 Å². The fourth-order valence-electron chi connectivity index (χ4n) is 1.92. The van der Waals surface area contributed by atoms with Gasteiger partial charge in [0.05, 0.1) is 0 Å². The molecule has 1 amide bonds. The van der Waals surface area contributed by atoms with Crippen molar-refractivity contribution in [3.8, 4) is 0 Å². The Hall–Kier alpha value is -0.541. The van der Waals surface area contributed by atoms with Crippen molar-refractivity contribution in [3.05, 3.63) is 21.0 Å². The Labute approximate surface area is 125 Å². The molecule has 1 aromatic heterocycles. The summed E-state index contributed by atoms with van der Waals surface area (Å²) in [7, 11) is -4.69. The summed E-state index contributed by atoms with van der Waals surface area (Å²) in [6.45, 7) is -0.560. The first kappa shape index (κ1) is 16.8. The van der Waals surface area contributed by atoms with Crippen LogP contribution in [0.1, 0.15) is 20.9 Å². The minimum atomic E-state index is -4.69. The van der Waals surface area contributed by atoms with Gasteiger partial charge in [-0.1, -0.05) is 0 Å². The molecular weight excluding hydrogens is 372 g/mol. The molecule has 1 aliphatic rings. The quantitative estimate of drug-likeness (QED) is 0.290. The third-order valence-electron chi connectivity index (χ3n) is 2.95. The molecule has 0 unspecified atom stereocenters. The number of nitrogens with two attached hydrogens (primary N) is 1. The van der Waals surface area contributed by atoms with Crippen molar-refractivity contribution in [1.29, 1.82) is 0 Å². The standard InChI is InChI=1S/C10H14NO8PSe/c11-10(14)4-1-6(21-3-4)9-8(13)7(12)5(19-9)2-18-20(15,16)17/h1,3,5,7-9,12-13H,2H2,(H2,11,14)(H2,15,16,17)/t5-,7-,8-,9+/m1/s1. The Balaban J connectivity index is 2.08. The van der Waals surface area contributed by atoms with Crippen LogP contribution < -0.4 is 5.73 Å². The second-order valence-electron chi connectivity index (χ2n) is 4.46. The van der Waals surface area contributed by atoms with Gasteiger partial charge in [0.1, 0.15) is 0 Å². The molecule has 0 radical (unpaired) electrons. The molecule has 6 N–H and O–H groups in total. The Bertz CT molecular complexity index is 571. The number of hydrogen-bond donors (Lipinski definition) is 5. The van der Waals surface area contributed by atoms with Gasteiger partial charge in [-0.15, -0.1) is 0 Å². The van der Waals surface area contributed by atoms with Crippen molar-refractivity contribution >= 4 is 28.2 Å². The fourth-order valence-corrected chi connectivity index (χ4v) is 4.30. The predicted molar refractivity (Wildman–Crippen MR) is 69.5 cm³/mol. The molecule has 11 heteroatoms. The average Bonchev–Trinajstić information content (AvgIpc) is 2.94. The first-order valence-electron chi connectivity index (χ1n) is 5.79. The average molecular weight is 386 g/mol. The summed E-state index contributed by atoms with van der Waals surface area (Å²) in [4.78, 5) is 29.9. The molecule has 1 saturated heterocycles. The van der Waals surface area contributed by atoms with Gasteiger partial charge in [-0.25, -0.2) is 0 Å². The van der Waals surface area contributed by atoms with E-state index in [9.17, 15) is 19.6 Å². The molecule has 0 bridgehead atoms. The summed E-state index contributed by atoms with van der Waals surface area (Å²) >= 11 is -0.255. The summed E-state index contributed by atoms with van der Waals surface area (Å²) in [6.07, 6.45) is -4.56. The summed E-state index contributed by atoms with van der Waals surface area (Å²) in [6, 6.07) is 1.50. The van der Waals surface area contributed by atoms with Crippen LogP contribution in [0.2, 0.25) is 0 Å². The molecule has 1 aliphatic heterocycles. The van der Waals surface area contributed by atoms with Crippen LogP contribution >= 0.6 is 7.82 Å². The number of aliphatic hydroxyl groups excluding tert-OH is 2. The van der Waals surface area contributed by atoms with Crippen LogP contribution in [-0.4, -0.2) is 65.3 Å². The van der Waals surface area contributed by atoms with Gasteiger partial charge in [0, 0.05) is 0 Å². The molecule has 1 fully saturated rings. The predicted octanol–water partition coefficient (Wildman–Crippen LogP) is -1.89. The van der Waals surface area contributed by atoms with E-state index in [1.165, 1.54) is 6.07 Å². The molecule has 0 saturated carbocycles. The number of carbonyl (C=O) groups is 1. The van der Waals surface area contributed by atoms with E-state index < -0.39 is 44.8 Å². The van der Waals surface area contributed by atoms with Crippen molar-refractivity contribution in [1.82, 2.24) is 0 Å². The summed E-state index contributed by atoms with van der Waals surface area (Å²) in [5.41, 5.74) is 5.45. The molecule has 2 rings (SSSR count). The van der Waals surface area contributed by atoms with Gasteiger partial charge >= 0.3 is 125 Å². The van der Waals surface area contributed by atoms with Crippen molar-refractivity contribution in [2.45, 2.75) is 24.4 Å². The number of phosphoric acid groups is 1. The van der Waals surface area contributed by atoms with E-state index >= 15 is 0 Å². The van der Waals surface area contributed by atoms with Gasteiger partial charge in [-0.05, 0) is 0 Å². The number of carbonyl (C=O) groups excluding carboxylic acids is 1. The second kappa shape index (κ2) is 6.29. The molecule has 1 aromatic rings. The molecule has 4 atom stereocenters. The van der Waals surface area contributed by atoms with E-state index in [1.54, 1.807) is 4.94 Å². The molecule has 0 spiro atoms. The van der Waals surface area contributed by atoms with Gasteiger partial charge < -0.3 is 0 Å². The molecule has 9 nitrogen and oxygen atoms in total. The van der Waals surface area contributed by atoms with E-state index in [1.807, 2.05) is 0 Å². The van der Waals surface area contributed by atoms with Crippen LogP contribution in [0, 0.1) is 0 Å². The summed E-state index contributed by atoms with van der Waals surface area (Å²) in [5, 5.41) is 19.8. The van der Waals surface area contributed by atoms with Crippen molar-refractivity contribution in [2.24, 2.45) is 5.73 Å². The summed E-state index contributed by atoms with van der Waals surface area (Å²) in [5.74, 6) is -0.596. The SMILES string of the molecule is NC(=O)c1c[se]c([C@@H]2O[C@H](COP(=O)(O)O)[C@@H](O)[C@H]2O)c1. The van der Waals surface area contributed by atoms with Crippen molar-refractivity contribution in [3.63, 3.8) is 0 Å². The first-order chi connectivity index (χ1) is 9.69. The van der Waals surface area contributed by atoms with E-state index in [4.69, 9.17) is 20.3 Å². The zero-order chi connectivity index (χ0) is 15.8. The van der Waals surface area contributed by atoms with Gasteiger partial charge in [-0.3, -0.25) is 0 Å². The monoisotopic (exact) mass is 387 g/mol. The molecule has 0 aliphatic carbocycles. The zero-order valence-electron chi connectivity index (χ0n) is 10.5. The first-order valence-corrected chi connectivity index (χ1v) is 9.16. The number of rotatable bonds is 5. The van der Waals surface area contributed by atoms with Crippen LogP contribution in [0.4, 0.5) is 0 Å². The Morgan fingerprint density at radius 2 is 2.10 bits per heavy atom. The van der Waals surface area contributed by atoms with Gasteiger partial charge in [0.2, 0.25) is 0 Å². The van der Waals surface area contributed by atoms with E-state index in [0.29, 0.717) is 10.0 Å². The molecule has 2 heterocycles. The van der Waals surface area contributed by atoms with E-state index in [-0.39, 0.29) is 14.5 Å². The molecular formula is C10H14NO8PSe. The van der Waals surface area contributed by atoms with Crippen LogP contribution in [-0.2, 0) is 13.8 Å². The fraction of sp³-hybridized carbons (Fsp3) is 0.500. The zero-order valence-corrected chi connectivity index (χ0v) is 13.1.